The number of nitrogens with zero attached hydrogens (tertiary/aromatic N) is 1. The Balaban J connectivity index is 2.14. The standard InChI is InChI=1S/C18H16BrF3N3/c1-9-6-14(21)17(15(22)7-9)25(3)18(23)16(10(2)24-25)12-5-4-11(20)8-13(12)19/h4-8,23-24H,1-3H3/q+1. The zero-order chi connectivity index (χ0) is 18.5. The van der Waals surface area contributed by atoms with Gasteiger partial charge in [0, 0.05) is 10.0 Å². The lowest BCUT2D eigenvalue weighted by molar-refractivity contribution is 0.385. The second kappa shape index (κ2) is 6.00. The molecule has 25 heavy (non-hydrogen) atoms. The van der Waals surface area contributed by atoms with Crippen molar-refractivity contribution in [1.82, 2.24) is 10.0 Å². The number of nitrogens with one attached hydrogen (secondary N) is 2. The summed E-state index contributed by atoms with van der Waals surface area (Å²) in [6, 6.07) is 6.57. The van der Waals surface area contributed by atoms with Gasteiger partial charge in [0.05, 0.1) is 11.3 Å². The van der Waals surface area contributed by atoms with Gasteiger partial charge < -0.3 is 0 Å². The van der Waals surface area contributed by atoms with Gasteiger partial charge in [0.2, 0.25) is 5.69 Å². The monoisotopic (exact) mass is 410 g/mol. The average Bonchev–Trinajstić information content (AvgIpc) is 2.69. The molecule has 0 aromatic heterocycles. The summed E-state index contributed by atoms with van der Waals surface area (Å²) in [5.74, 6) is -1.92. The van der Waals surface area contributed by atoms with Gasteiger partial charge in [0.15, 0.2) is 11.6 Å². The van der Waals surface area contributed by atoms with Crippen molar-refractivity contribution in [3.05, 3.63) is 69.1 Å². The molecule has 3 rings (SSSR count). The normalized spacial score (nSPS) is 20.2. The molecule has 1 heterocycles. The van der Waals surface area contributed by atoms with Crippen molar-refractivity contribution in [3.8, 4) is 0 Å². The summed E-state index contributed by atoms with van der Waals surface area (Å²) in [4.78, 5) is 0. The number of allylic oxidation sites excluding steroid dienone is 1. The Hall–Kier alpha value is -2.12. The van der Waals surface area contributed by atoms with Crippen LogP contribution in [-0.2, 0) is 0 Å². The summed E-state index contributed by atoms with van der Waals surface area (Å²) in [7, 11) is 1.51. The van der Waals surface area contributed by atoms with E-state index < -0.39 is 22.0 Å². The van der Waals surface area contributed by atoms with E-state index in [1.165, 1.54) is 37.4 Å². The SMILES string of the molecule is CC1=C(c2ccc(F)cc2Br)C(=N)[N+](C)(c2c(F)cc(C)cc2F)N1. The number of hydrogen-bond donors (Lipinski definition) is 2. The first-order valence-corrected chi connectivity index (χ1v) is 8.31. The van der Waals surface area contributed by atoms with Gasteiger partial charge in [0.25, 0.3) is 5.84 Å². The van der Waals surface area contributed by atoms with Crippen molar-refractivity contribution in [2.24, 2.45) is 0 Å². The summed E-state index contributed by atoms with van der Waals surface area (Å²) in [6.45, 7) is 3.32. The zero-order valence-corrected chi connectivity index (χ0v) is 15.4. The van der Waals surface area contributed by atoms with E-state index in [0.717, 1.165) is 0 Å². The van der Waals surface area contributed by atoms with E-state index in [1.54, 1.807) is 13.8 Å². The molecule has 1 unspecified atom stereocenters. The van der Waals surface area contributed by atoms with E-state index in [0.29, 0.717) is 26.9 Å². The van der Waals surface area contributed by atoms with Crippen LogP contribution < -0.4 is 10.0 Å². The fourth-order valence-corrected chi connectivity index (χ4v) is 3.71. The summed E-state index contributed by atoms with van der Waals surface area (Å²) >= 11 is 3.29. The number of amidine groups is 1. The smallest absolute Gasteiger partial charge is 0.248 e. The molecule has 0 bridgehead atoms. The maximum absolute atomic E-state index is 14.5. The van der Waals surface area contributed by atoms with E-state index in [4.69, 9.17) is 5.41 Å². The number of rotatable bonds is 2. The molecule has 0 aliphatic carbocycles. The highest BCUT2D eigenvalue weighted by molar-refractivity contribution is 9.10. The summed E-state index contributed by atoms with van der Waals surface area (Å²) in [5.41, 5.74) is 4.80. The van der Waals surface area contributed by atoms with Crippen LogP contribution >= 0.6 is 15.9 Å². The molecular weight excluding hydrogens is 395 g/mol. The van der Waals surface area contributed by atoms with Crippen LogP contribution in [-0.4, -0.2) is 12.9 Å². The van der Waals surface area contributed by atoms with Crippen LogP contribution in [0.4, 0.5) is 18.9 Å². The molecule has 1 aliphatic rings. The van der Waals surface area contributed by atoms with Crippen LogP contribution in [0.5, 0.6) is 0 Å². The van der Waals surface area contributed by atoms with Gasteiger partial charge in [0.1, 0.15) is 12.9 Å². The van der Waals surface area contributed by atoms with Gasteiger partial charge in [-0.05, 0) is 49.7 Å². The molecule has 0 fully saturated rings. The van der Waals surface area contributed by atoms with Crippen LogP contribution in [0.3, 0.4) is 0 Å². The van der Waals surface area contributed by atoms with Crippen LogP contribution in [0.1, 0.15) is 18.1 Å². The summed E-state index contributed by atoms with van der Waals surface area (Å²) in [6.07, 6.45) is 0. The van der Waals surface area contributed by atoms with Crippen LogP contribution in [0.2, 0.25) is 0 Å². The molecule has 2 N–H and O–H groups in total. The topological polar surface area (TPSA) is 35.9 Å². The molecule has 0 amide bonds. The quantitative estimate of drug-likeness (QED) is 0.668. The van der Waals surface area contributed by atoms with E-state index in [-0.39, 0.29) is 11.5 Å². The molecule has 3 nitrogen and oxygen atoms in total. The molecule has 1 aliphatic heterocycles. The fraction of sp³-hybridized carbons (Fsp3) is 0.167. The molecule has 2 aromatic rings. The van der Waals surface area contributed by atoms with E-state index >= 15 is 0 Å². The van der Waals surface area contributed by atoms with Crippen LogP contribution in [0.15, 0.2) is 40.5 Å². The van der Waals surface area contributed by atoms with Gasteiger partial charge in [-0.25, -0.2) is 24.0 Å². The van der Waals surface area contributed by atoms with Crippen LogP contribution in [0.25, 0.3) is 5.57 Å². The molecule has 2 aromatic carbocycles. The third-order valence-electron chi connectivity index (χ3n) is 4.26. The van der Waals surface area contributed by atoms with Crippen molar-refractivity contribution in [1.29, 1.82) is 5.41 Å². The lowest BCUT2D eigenvalue weighted by Crippen LogP contribution is -2.56. The lowest BCUT2D eigenvalue weighted by Gasteiger charge is -2.28. The first-order valence-electron chi connectivity index (χ1n) is 7.52. The maximum Gasteiger partial charge on any atom is 0.260 e. The first kappa shape index (κ1) is 17.7. The van der Waals surface area contributed by atoms with Gasteiger partial charge in [-0.2, -0.15) is 0 Å². The number of hydrogen-bond acceptors (Lipinski definition) is 2. The molecular formula is C18H16BrF3N3+. The minimum Gasteiger partial charge on any atom is -0.248 e. The highest BCUT2D eigenvalue weighted by Crippen LogP contribution is 2.39. The molecule has 0 saturated carbocycles. The lowest BCUT2D eigenvalue weighted by atomic mass is 10.0. The molecule has 0 radical (unpaired) electrons. The van der Waals surface area contributed by atoms with Crippen molar-refractivity contribution >= 4 is 33.0 Å². The largest absolute Gasteiger partial charge is 0.260 e. The van der Waals surface area contributed by atoms with Gasteiger partial charge in [-0.3, -0.25) is 0 Å². The fourth-order valence-electron chi connectivity index (χ4n) is 3.16. The maximum atomic E-state index is 14.5. The molecule has 0 spiro atoms. The van der Waals surface area contributed by atoms with E-state index in [2.05, 4.69) is 21.4 Å². The number of aryl methyl sites for hydroxylation is 1. The third-order valence-corrected chi connectivity index (χ3v) is 4.92. The molecule has 1 atom stereocenters. The Morgan fingerprint density at radius 1 is 1.04 bits per heavy atom. The Kier molecular flexibility index (Phi) is 4.25. The highest BCUT2D eigenvalue weighted by atomic mass is 79.9. The van der Waals surface area contributed by atoms with E-state index in [9.17, 15) is 13.2 Å². The van der Waals surface area contributed by atoms with Crippen molar-refractivity contribution < 1.29 is 13.2 Å². The van der Waals surface area contributed by atoms with Crippen LogP contribution in [0, 0.1) is 29.8 Å². The minimum atomic E-state index is -0.732. The Morgan fingerprint density at radius 3 is 2.20 bits per heavy atom. The second-order valence-corrected chi connectivity index (χ2v) is 7.02. The zero-order valence-electron chi connectivity index (χ0n) is 13.8. The number of likely N-dealkylation sites (N-methyl/N-ethyl adjacent to an activating group) is 1. The van der Waals surface area contributed by atoms with Crippen molar-refractivity contribution in [3.63, 3.8) is 0 Å². The van der Waals surface area contributed by atoms with E-state index in [1.807, 2.05) is 0 Å². The molecule has 130 valence electrons. The van der Waals surface area contributed by atoms with Gasteiger partial charge in [-0.1, -0.05) is 15.9 Å². The van der Waals surface area contributed by atoms with Gasteiger partial charge >= 0.3 is 0 Å². The Labute approximate surface area is 152 Å². The predicted octanol–water partition coefficient (Wildman–Crippen LogP) is 5.04. The Bertz CT molecular complexity index is 916. The summed E-state index contributed by atoms with van der Waals surface area (Å²) < 4.78 is 42.3. The van der Waals surface area contributed by atoms with Crippen molar-refractivity contribution in [2.75, 3.05) is 7.05 Å². The Morgan fingerprint density at radius 2 is 1.64 bits per heavy atom. The van der Waals surface area contributed by atoms with Crippen molar-refractivity contribution in [2.45, 2.75) is 13.8 Å². The van der Waals surface area contributed by atoms with Gasteiger partial charge in [-0.15, -0.1) is 4.59 Å². The second-order valence-electron chi connectivity index (χ2n) is 6.17. The molecule has 7 heteroatoms. The first-order chi connectivity index (χ1) is 11.6. The predicted molar refractivity (Wildman–Crippen MR) is 96.4 cm³/mol. The number of quaternary nitrogens is 1. The highest BCUT2D eigenvalue weighted by Gasteiger charge is 2.46. The average molecular weight is 411 g/mol. The third kappa shape index (κ3) is 2.77. The number of benzene rings is 2. The number of halogens is 4. The summed E-state index contributed by atoms with van der Waals surface area (Å²) in [5, 5.41) is 8.57. The minimum absolute atomic E-state index is 0.0357. The molecule has 0 saturated heterocycles.